The molecule has 9 nitrogen and oxygen atoms in total. The summed E-state index contributed by atoms with van der Waals surface area (Å²) in [5.41, 5.74) is 13.6. The highest BCUT2D eigenvalue weighted by Gasteiger charge is 2.16. The molecule has 0 spiro atoms. The van der Waals surface area contributed by atoms with Crippen molar-refractivity contribution in [2.75, 3.05) is 24.3 Å². The summed E-state index contributed by atoms with van der Waals surface area (Å²) >= 11 is 0. The van der Waals surface area contributed by atoms with Crippen molar-refractivity contribution in [3.8, 4) is 0 Å². The number of hydrogen-bond donors (Lipinski definition) is 4. The number of nitrogens with one attached hydrogen (secondary N) is 2. The topological polar surface area (TPSA) is 133 Å². The number of carbonyl (C=O) groups excluding carboxylic acids is 1. The fourth-order valence-electron chi connectivity index (χ4n) is 2.83. The maximum Gasteiger partial charge on any atom is 0.254 e. The summed E-state index contributed by atoms with van der Waals surface area (Å²) in [4.78, 5) is 20.4. The van der Waals surface area contributed by atoms with Crippen LogP contribution in [-0.4, -0.2) is 46.2 Å². The van der Waals surface area contributed by atoms with Gasteiger partial charge in [-0.25, -0.2) is 4.98 Å². The van der Waals surface area contributed by atoms with Crippen LogP contribution in [0.2, 0.25) is 0 Å². The van der Waals surface area contributed by atoms with Gasteiger partial charge in [-0.15, -0.1) is 0 Å². The Balaban J connectivity index is 1.88. The van der Waals surface area contributed by atoms with Crippen LogP contribution in [0.5, 0.6) is 0 Å². The van der Waals surface area contributed by atoms with Gasteiger partial charge in [0.05, 0.1) is 6.10 Å². The van der Waals surface area contributed by atoms with Gasteiger partial charge < -0.3 is 31.4 Å². The van der Waals surface area contributed by atoms with Crippen LogP contribution in [0.4, 0.5) is 17.5 Å². The number of aryl methyl sites for hydroxylation is 1. The minimum absolute atomic E-state index is 0.120. The molecule has 0 radical (unpaired) electrons. The van der Waals surface area contributed by atoms with E-state index in [4.69, 9.17) is 16.2 Å². The molecule has 1 amide bonds. The first kappa shape index (κ1) is 19.6. The van der Waals surface area contributed by atoms with Gasteiger partial charge in [0, 0.05) is 55.7 Å². The standard InChI is InChI=1S/C19H25N7O2/c1-11(28-3)14(20)10-23-19-22-9-13(17(21)27)18(25-19)24-15-5-4-6-16-12(15)7-8-26(16)2/h4-9,11,14H,10,20H2,1-3H3,(H2,21,27)(H2,22,23,24,25). The van der Waals surface area contributed by atoms with Crippen molar-refractivity contribution in [2.24, 2.45) is 18.5 Å². The molecule has 0 aliphatic rings. The Kier molecular flexibility index (Phi) is 5.76. The number of amides is 1. The maximum absolute atomic E-state index is 11.8. The molecule has 9 heteroatoms. The lowest BCUT2D eigenvalue weighted by atomic mass is 10.2. The molecule has 148 valence electrons. The van der Waals surface area contributed by atoms with E-state index in [0.717, 1.165) is 16.6 Å². The molecule has 3 rings (SSSR count). The Hall–Kier alpha value is -3.17. The van der Waals surface area contributed by atoms with Gasteiger partial charge in [0.2, 0.25) is 5.95 Å². The Bertz CT molecular complexity index is 986. The smallest absolute Gasteiger partial charge is 0.254 e. The number of hydrogen-bond acceptors (Lipinski definition) is 7. The van der Waals surface area contributed by atoms with Gasteiger partial charge in [0.25, 0.3) is 5.91 Å². The number of nitrogens with zero attached hydrogens (tertiary/aromatic N) is 3. The predicted octanol–water partition coefficient (Wildman–Crippen LogP) is 1.58. The van der Waals surface area contributed by atoms with Gasteiger partial charge in [0.1, 0.15) is 11.4 Å². The number of benzene rings is 1. The van der Waals surface area contributed by atoms with Gasteiger partial charge in [-0.1, -0.05) is 6.07 Å². The van der Waals surface area contributed by atoms with E-state index < -0.39 is 5.91 Å². The molecular weight excluding hydrogens is 358 g/mol. The van der Waals surface area contributed by atoms with Crippen molar-refractivity contribution in [1.29, 1.82) is 0 Å². The van der Waals surface area contributed by atoms with Crippen molar-refractivity contribution in [2.45, 2.75) is 19.1 Å². The molecule has 0 saturated heterocycles. The lowest BCUT2D eigenvalue weighted by Crippen LogP contribution is -2.40. The van der Waals surface area contributed by atoms with Crippen molar-refractivity contribution in [1.82, 2.24) is 14.5 Å². The average molecular weight is 383 g/mol. The maximum atomic E-state index is 11.8. The Morgan fingerprint density at radius 1 is 1.36 bits per heavy atom. The molecule has 28 heavy (non-hydrogen) atoms. The molecule has 0 aliphatic heterocycles. The summed E-state index contributed by atoms with van der Waals surface area (Å²) in [6.45, 7) is 2.30. The first-order chi connectivity index (χ1) is 13.4. The second-order valence-electron chi connectivity index (χ2n) is 6.60. The zero-order valence-electron chi connectivity index (χ0n) is 16.1. The molecule has 6 N–H and O–H groups in total. The fourth-order valence-corrected chi connectivity index (χ4v) is 2.83. The van der Waals surface area contributed by atoms with Gasteiger partial charge in [0.15, 0.2) is 0 Å². The average Bonchev–Trinajstić information content (AvgIpc) is 3.07. The second kappa shape index (κ2) is 8.24. The number of anilines is 3. The monoisotopic (exact) mass is 383 g/mol. The zero-order chi connectivity index (χ0) is 20.3. The van der Waals surface area contributed by atoms with Gasteiger partial charge in [-0.2, -0.15) is 4.98 Å². The molecule has 2 heterocycles. The molecular formula is C19H25N7O2. The molecule has 0 aliphatic carbocycles. The minimum Gasteiger partial charge on any atom is -0.380 e. The van der Waals surface area contributed by atoms with Crippen LogP contribution in [0.15, 0.2) is 36.7 Å². The number of methoxy groups -OCH3 is 1. The summed E-state index contributed by atoms with van der Waals surface area (Å²) in [5.74, 6) is 0.0557. The molecule has 3 aromatic rings. The normalized spacial score (nSPS) is 13.3. The molecule has 0 saturated carbocycles. The number of primary amides is 1. The summed E-state index contributed by atoms with van der Waals surface area (Å²) < 4.78 is 7.23. The van der Waals surface area contributed by atoms with E-state index in [2.05, 4.69) is 20.6 Å². The first-order valence-corrected chi connectivity index (χ1v) is 8.91. The Morgan fingerprint density at radius 2 is 2.14 bits per heavy atom. The van der Waals surface area contributed by atoms with E-state index >= 15 is 0 Å². The van der Waals surface area contributed by atoms with Crippen LogP contribution >= 0.6 is 0 Å². The number of fused-ring (bicyclic) bond motifs is 1. The van der Waals surface area contributed by atoms with Crippen molar-refractivity contribution >= 4 is 34.3 Å². The number of carbonyl (C=O) groups is 1. The predicted molar refractivity (Wildman–Crippen MR) is 110 cm³/mol. The number of ether oxygens (including phenoxy) is 1. The second-order valence-corrected chi connectivity index (χ2v) is 6.60. The SMILES string of the molecule is COC(C)C(N)CNc1ncc(C(N)=O)c(Nc2cccc3c2ccn3C)n1. The fraction of sp³-hybridized carbons (Fsp3) is 0.316. The van der Waals surface area contributed by atoms with Crippen LogP contribution in [-0.2, 0) is 11.8 Å². The van der Waals surface area contributed by atoms with Gasteiger partial charge in [-0.3, -0.25) is 4.79 Å². The summed E-state index contributed by atoms with van der Waals surface area (Å²) in [5, 5.41) is 7.28. The van der Waals surface area contributed by atoms with Crippen LogP contribution in [0.3, 0.4) is 0 Å². The number of rotatable bonds is 8. The lowest BCUT2D eigenvalue weighted by molar-refractivity contribution is 0.0989. The molecule has 0 bridgehead atoms. The van der Waals surface area contributed by atoms with Crippen molar-refractivity contribution in [3.63, 3.8) is 0 Å². The van der Waals surface area contributed by atoms with E-state index in [9.17, 15) is 4.79 Å². The van der Waals surface area contributed by atoms with Crippen LogP contribution in [0, 0.1) is 0 Å². The third-order valence-corrected chi connectivity index (χ3v) is 4.71. The van der Waals surface area contributed by atoms with Crippen molar-refractivity contribution < 1.29 is 9.53 Å². The minimum atomic E-state index is -0.612. The first-order valence-electron chi connectivity index (χ1n) is 8.91. The largest absolute Gasteiger partial charge is 0.380 e. The highest BCUT2D eigenvalue weighted by Crippen LogP contribution is 2.27. The van der Waals surface area contributed by atoms with E-state index in [1.165, 1.54) is 6.20 Å². The lowest BCUT2D eigenvalue weighted by Gasteiger charge is -2.19. The van der Waals surface area contributed by atoms with Gasteiger partial charge >= 0.3 is 0 Å². The van der Waals surface area contributed by atoms with E-state index in [-0.39, 0.29) is 17.7 Å². The number of aromatic nitrogens is 3. The van der Waals surface area contributed by atoms with Crippen LogP contribution in [0.1, 0.15) is 17.3 Å². The summed E-state index contributed by atoms with van der Waals surface area (Å²) in [6.07, 6.45) is 3.25. The zero-order valence-corrected chi connectivity index (χ0v) is 16.1. The molecule has 2 aromatic heterocycles. The third kappa shape index (κ3) is 4.05. The third-order valence-electron chi connectivity index (χ3n) is 4.71. The highest BCUT2D eigenvalue weighted by atomic mass is 16.5. The van der Waals surface area contributed by atoms with Crippen LogP contribution < -0.4 is 22.1 Å². The molecule has 2 unspecified atom stereocenters. The Labute approximate surface area is 163 Å². The molecule has 2 atom stereocenters. The molecule has 1 aromatic carbocycles. The van der Waals surface area contributed by atoms with Crippen molar-refractivity contribution in [3.05, 3.63) is 42.2 Å². The van der Waals surface area contributed by atoms with E-state index in [1.54, 1.807) is 7.11 Å². The van der Waals surface area contributed by atoms with Gasteiger partial charge in [-0.05, 0) is 25.1 Å². The molecule has 0 fully saturated rings. The van der Waals surface area contributed by atoms with Crippen LogP contribution in [0.25, 0.3) is 10.9 Å². The quantitative estimate of drug-likeness (QED) is 0.464. The summed E-state index contributed by atoms with van der Waals surface area (Å²) in [6, 6.07) is 7.62. The number of nitrogens with two attached hydrogens (primary N) is 2. The highest BCUT2D eigenvalue weighted by molar-refractivity contribution is 6.00. The van der Waals surface area contributed by atoms with E-state index in [0.29, 0.717) is 18.3 Å². The Morgan fingerprint density at radius 3 is 2.86 bits per heavy atom. The summed E-state index contributed by atoms with van der Waals surface area (Å²) in [7, 11) is 3.58. The van der Waals surface area contributed by atoms with E-state index in [1.807, 2.05) is 49.0 Å².